The lowest BCUT2D eigenvalue weighted by Crippen LogP contribution is -2.36. The molecule has 0 spiro atoms. The molecule has 78 valence electrons. The van der Waals surface area contributed by atoms with E-state index in [0.717, 1.165) is 19.3 Å². The molecule has 1 amide bonds. The van der Waals surface area contributed by atoms with E-state index in [0.29, 0.717) is 11.7 Å². The molecule has 1 aromatic carbocycles. The summed E-state index contributed by atoms with van der Waals surface area (Å²) < 4.78 is 0. The molecule has 1 saturated carbocycles. The van der Waals surface area contributed by atoms with Crippen LogP contribution in [-0.2, 0) is 4.79 Å². The Morgan fingerprint density at radius 3 is 2.73 bits per heavy atom. The molecule has 15 heavy (non-hydrogen) atoms. The summed E-state index contributed by atoms with van der Waals surface area (Å²) in [6, 6.07) is 7.39. The Labute approximate surface area is 88.3 Å². The molecule has 2 aliphatic rings. The number of hydrogen-bond acceptors (Lipinski definition) is 2. The van der Waals surface area contributed by atoms with Crippen LogP contribution in [0.4, 0.5) is 5.69 Å². The number of phenolic OH excluding ortho intramolecular Hbond substituents is 1. The van der Waals surface area contributed by atoms with E-state index in [9.17, 15) is 9.90 Å². The molecule has 1 heterocycles. The number of fused-ring (bicyclic) bond motifs is 2. The highest BCUT2D eigenvalue weighted by atomic mass is 16.3. The topological polar surface area (TPSA) is 40.5 Å². The summed E-state index contributed by atoms with van der Waals surface area (Å²) in [6.45, 7) is 0. The molecule has 3 heteroatoms. The van der Waals surface area contributed by atoms with E-state index < -0.39 is 0 Å². The summed E-state index contributed by atoms with van der Waals surface area (Å²) in [4.78, 5) is 13.7. The molecule has 1 aromatic rings. The molecule has 1 saturated heterocycles. The van der Waals surface area contributed by atoms with Gasteiger partial charge in [0.05, 0.1) is 5.69 Å². The first kappa shape index (κ1) is 8.77. The van der Waals surface area contributed by atoms with E-state index in [1.807, 2.05) is 12.1 Å². The number of carbonyl (C=O) groups is 1. The zero-order valence-electron chi connectivity index (χ0n) is 8.39. The normalized spacial score (nSPS) is 28.8. The zero-order chi connectivity index (χ0) is 10.4. The van der Waals surface area contributed by atoms with Gasteiger partial charge >= 0.3 is 0 Å². The van der Waals surface area contributed by atoms with Gasteiger partial charge in [-0.25, -0.2) is 0 Å². The van der Waals surface area contributed by atoms with Crippen LogP contribution in [0.3, 0.4) is 0 Å². The number of aromatic hydroxyl groups is 1. The predicted octanol–water partition coefficient (Wildman–Crippen LogP) is 1.91. The van der Waals surface area contributed by atoms with Crippen LogP contribution in [0, 0.1) is 5.92 Å². The number of piperidine rings is 1. The molecule has 1 aliphatic heterocycles. The standard InChI is InChI=1S/C12H13NO2/c14-11-4-2-1-3-10(11)13-9-6-5-8(7-9)12(13)15/h1-4,8-9,14H,5-7H2. The molecule has 1 aliphatic carbocycles. The maximum Gasteiger partial charge on any atom is 0.230 e. The highest BCUT2D eigenvalue weighted by Crippen LogP contribution is 2.43. The Hall–Kier alpha value is -1.51. The Morgan fingerprint density at radius 2 is 2.07 bits per heavy atom. The van der Waals surface area contributed by atoms with Gasteiger partial charge in [0.15, 0.2) is 0 Å². The molecular weight excluding hydrogens is 190 g/mol. The number of carbonyl (C=O) groups excluding carboxylic acids is 1. The smallest absolute Gasteiger partial charge is 0.230 e. The highest BCUT2D eigenvalue weighted by Gasteiger charge is 2.45. The van der Waals surface area contributed by atoms with Crippen LogP contribution in [0.1, 0.15) is 19.3 Å². The van der Waals surface area contributed by atoms with E-state index in [1.165, 1.54) is 0 Å². The van der Waals surface area contributed by atoms with Crippen molar-refractivity contribution in [2.24, 2.45) is 5.92 Å². The Morgan fingerprint density at radius 1 is 1.27 bits per heavy atom. The van der Waals surface area contributed by atoms with E-state index in [-0.39, 0.29) is 17.6 Å². The lowest BCUT2D eigenvalue weighted by Gasteiger charge is -2.27. The van der Waals surface area contributed by atoms with Gasteiger partial charge in [-0.1, -0.05) is 12.1 Å². The first-order valence-electron chi connectivity index (χ1n) is 5.38. The molecule has 2 atom stereocenters. The van der Waals surface area contributed by atoms with Crippen molar-refractivity contribution < 1.29 is 9.90 Å². The molecule has 2 bridgehead atoms. The molecular formula is C12H13NO2. The van der Waals surface area contributed by atoms with Gasteiger partial charge in [-0.05, 0) is 31.4 Å². The average molecular weight is 203 g/mol. The van der Waals surface area contributed by atoms with Gasteiger partial charge in [0.25, 0.3) is 0 Å². The lowest BCUT2D eigenvalue weighted by atomic mass is 10.1. The predicted molar refractivity (Wildman–Crippen MR) is 56.7 cm³/mol. The van der Waals surface area contributed by atoms with Crippen molar-refractivity contribution in [1.29, 1.82) is 0 Å². The van der Waals surface area contributed by atoms with Crippen molar-refractivity contribution >= 4 is 11.6 Å². The second kappa shape index (κ2) is 2.99. The van der Waals surface area contributed by atoms with Crippen molar-refractivity contribution in [2.45, 2.75) is 25.3 Å². The lowest BCUT2D eigenvalue weighted by molar-refractivity contribution is -0.121. The summed E-state index contributed by atoms with van der Waals surface area (Å²) in [5.41, 5.74) is 0.676. The third kappa shape index (κ3) is 1.16. The molecule has 3 rings (SSSR count). The van der Waals surface area contributed by atoms with Crippen LogP contribution in [0.25, 0.3) is 0 Å². The Bertz CT molecular complexity index is 416. The molecule has 2 unspecified atom stereocenters. The number of benzene rings is 1. The zero-order valence-corrected chi connectivity index (χ0v) is 8.39. The van der Waals surface area contributed by atoms with Crippen molar-refractivity contribution in [3.63, 3.8) is 0 Å². The minimum absolute atomic E-state index is 0.188. The Balaban J connectivity index is 2.02. The number of anilines is 1. The van der Waals surface area contributed by atoms with Crippen LogP contribution in [0.5, 0.6) is 5.75 Å². The van der Waals surface area contributed by atoms with Crippen LogP contribution in [-0.4, -0.2) is 17.1 Å². The SMILES string of the molecule is O=C1C2CCC(C2)N1c1ccccc1O. The third-order valence-corrected chi connectivity index (χ3v) is 3.50. The fourth-order valence-electron chi connectivity index (χ4n) is 2.78. The molecule has 3 nitrogen and oxygen atoms in total. The van der Waals surface area contributed by atoms with Crippen molar-refractivity contribution in [3.8, 4) is 5.75 Å². The van der Waals surface area contributed by atoms with Gasteiger partial charge in [-0.3, -0.25) is 4.79 Å². The van der Waals surface area contributed by atoms with Gasteiger partial charge in [-0.15, -0.1) is 0 Å². The van der Waals surface area contributed by atoms with Gasteiger partial charge in [0.1, 0.15) is 5.75 Å². The number of rotatable bonds is 1. The minimum atomic E-state index is 0.188. The van der Waals surface area contributed by atoms with Crippen molar-refractivity contribution in [1.82, 2.24) is 0 Å². The van der Waals surface area contributed by atoms with E-state index >= 15 is 0 Å². The summed E-state index contributed by atoms with van der Waals surface area (Å²) >= 11 is 0. The van der Waals surface area contributed by atoms with Crippen LogP contribution in [0.2, 0.25) is 0 Å². The molecule has 0 aromatic heterocycles. The first-order valence-corrected chi connectivity index (χ1v) is 5.38. The quantitative estimate of drug-likeness (QED) is 0.757. The van der Waals surface area contributed by atoms with E-state index in [2.05, 4.69) is 0 Å². The maximum atomic E-state index is 11.9. The molecule has 1 N–H and O–H groups in total. The fraction of sp³-hybridized carbons (Fsp3) is 0.417. The number of para-hydroxylation sites is 2. The fourth-order valence-corrected chi connectivity index (χ4v) is 2.78. The summed E-state index contributed by atoms with van der Waals surface area (Å²) in [6.07, 6.45) is 3.06. The van der Waals surface area contributed by atoms with E-state index in [4.69, 9.17) is 0 Å². The van der Waals surface area contributed by atoms with Gasteiger partial charge in [0, 0.05) is 12.0 Å². The van der Waals surface area contributed by atoms with Gasteiger partial charge in [-0.2, -0.15) is 0 Å². The minimum Gasteiger partial charge on any atom is -0.506 e. The Kier molecular flexibility index (Phi) is 1.75. The second-order valence-corrected chi connectivity index (χ2v) is 4.36. The highest BCUT2D eigenvalue weighted by molar-refractivity contribution is 6.00. The maximum absolute atomic E-state index is 11.9. The summed E-state index contributed by atoms with van der Waals surface area (Å²) in [7, 11) is 0. The van der Waals surface area contributed by atoms with Gasteiger partial charge in [0.2, 0.25) is 5.91 Å². The van der Waals surface area contributed by atoms with Crippen LogP contribution in [0.15, 0.2) is 24.3 Å². The monoisotopic (exact) mass is 203 g/mol. The van der Waals surface area contributed by atoms with Crippen molar-refractivity contribution in [2.75, 3.05) is 4.90 Å². The largest absolute Gasteiger partial charge is 0.506 e. The van der Waals surface area contributed by atoms with E-state index in [1.54, 1.807) is 17.0 Å². The summed E-state index contributed by atoms with van der Waals surface area (Å²) in [5, 5.41) is 9.72. The van der Waals surface area contributed by atoms with Gasteiger partial charge < -0.3 is 10.0 Å². The number of hydrogen-bond donors (Lipinski definition) is 1. The number of amides is 1. The molecule has 0 radical (unpaired) electrons. The second-order valence-electron chi connectivity index (χ2n) is 4.36. The van der Waals surface area contributed by atoms with Crippen LogP contribution >= 0.6 is 0 Å². The van der Waals surface area contributed by atoms with Crippen LogP contribution < -0.4 is 4.90 Å². The third-order valence-electron chi connectivity index (χ3n) is 3.50. The first-order chi connectivity index (χ1) is 7.27. The van der Waals surface area contributed by atoms with Crippen molar-refractivity contribution in [3.05, 3.63) is 24.3 Å². The number of phenols is 1. The number of nitrogens with zero attached hydrogens (tertiary/aromatic N) is 1. The average Bonchev–Trinajstić information content (AvgIpc) is 2.80. The molecule has 2 fully saturated rings. The summed E-state index contributed by atoms with van der Waals surface area (Å²) in [5.74, 6) is 0.598.